The summed E-state index contributed by atoms with van der Waals surface area (Å²) in [5.41, 5.74) is 1.30. The molecule has 10 heavy (non-hydrogen) atoms. The van der Waals surface area contributed by atoms with Crippen molar-refractivity contribution < 1.29 is 0 Å². The topological polar surface area (TPSA) is 17.8 Å². The summed E-state index contributed by atoms with van der Waals surface area (Å²) < 4.78 is 2.06. The van der Waals surface area contributed by atoms with Crippen LogP contribution in [0.25, 0.3) is 0 Å². The fourth-order valence-corrected chi connectivity index (χ4v) is 1.42. The molecule has 1 aromatic heterocycles. The molecule has 0 amide bonds. The number of hydrogen-bond donors (Lipinski definition) is 0. The van der Waals surface area contributed by atoms with Crippen LogP contribution in [0.3, 0.4) is 0 Å². The van der Waals surface area contributed by atoms with Gasteiger partial charge in [-0.1, -0.05) is 6.92 Å². The van der Waals surface area contributed by atoms with E-state index in [1.807, 2.05) is 31.3 Å². The molecule has 1 heterocycles. The summed E-state index contributed by atoms with van der Waals surface area (Å²) in [4.78, 5) is 4.02. The van der Waals surface area contributed by atoms with Gasteiger partial charge in [0.15, 0.2) is 0 Å². The van der Waals surface area contributed by atoms with Gasteiger partial charge in [-0.3, -0.25) is 0 Å². The Labute approximate surface area is 65.7 Å². The summed E-state index contributed by atoms with van der Waals surface area (Å²) in [6.07, 6.45) is 3.76. The van der Waals surface area contributed by atoms with Gasteiger partial charge in [0, 0.05) is 24.7 Å². The van der Waals surface area contributed by atoms with E-state index in [2.05, 4.69) is 16.5 Å². The van der Waals surface area contributed by atoms with E-state index < -0.39 is 0 Å². The number of aryl methyl sites for hydroxylation is 1. The molecule has 56 valence electrons. The zero-order chi connectivity index (χ0) is 7.40. The molecule has 0 N–H and O–H groups in total. The van der Waals surface area contributed by atoms with E-state index in [4.69, 9.17) is 0 Å². The molecule has 0 aliphatic heterocycles. The second-order valence-corrected chi connectivity index (χ2v) is 3.41. The third-order valence-corrected chi connectivity index (χ3v) is 2.28. The van der Waals surface area contributed by atoms with E-state index in [0.29, 0.717) is 0 Å². The summed E-state index contributed by atoms with van der Waals surface area (Å²) in [6, 6.07) is 0. The molecule has 0 bridgehead atoms. The fourth-order valence-electron chi connectivity index (χ4n) is 0.730. The molecule has 0 fully saturated rings. The van der Waals surface area contributed by atoms with Gasteiger partial charge in [0.25, 0.3) is 0 Å². The van der Waals surface area contributed by atoms with Crippen molar-refractivity contribution in [3.8, 4) is 0 Å². The lowest BCUT2D eigenvalue weighted by molar-refractivity contribution is 0.867. The molecule has 0 spiro atoms. The van der Waals surface area contributed by atoms with Gasteiger partial charge in [0.2, 0.25) is 0 Å². The molecule has 0 saturated heterocycles. The van der Waals surface area contributed by atoms with Crippen LogP contribution in [0.2, 0.25) is 0 Å². The largest absolute Gasteiger partial charge is 0.337 e. The van der Waals surface area contributed by atoms with Crippen molar-refractivity contribution >= 4 is 11.8 Å². The zero-order valence-electron chi connectivity index (χ0n) is 6.37. The number of imidazole rings is 1. The lowest BCUT2D eigenvalue weighted by Crippen LogP contribution is -1.91. The van der Waals surface area contributed by atoms with Gasteiger partial charge in [0.1, 0.15) is 0 Å². The second kappa shape index (κ2) is 3.66. The monoisotopic (exact) mass is 156 g/mol. The highest BCUT2D eigenvalue weighted by Crippen LogP contribution is 2.09. The predicted molar refractivity (Wildman–Crippen MR) is 45.0 cm³/mol. The molecule has 0 atom stereocenters. The maximum atomic E-state index is 4.02. The summed E-state index contributed by atoms with van der Waals surface area (Å²) in [7, 11) is 2.03. The van der Waals surface area contributed by atoms with E-state index in [-0.39, 0.29) is 0 Å². The maximum Gasteiger partial charge on any atom is 0.0945 e. The molecule has 1 rings (SSSR count). The Morgan fingerprint density at radius 3 is 3.00 bits per heavy atom. The van der Waals surface area contributed by atoms with Crippen LogP contribution in [0.1, 0.15) is 12.6 Å². The van der Waals surface area contributed by atoms with Gasteiger partial charge >= 0.3 is 0 Å². The van der Waals surface area contributed by atoms with E-state index in [9.17, 15) is 0 Å². The Bertz CT molecular complexity index is 195. The third kappa shape index (κ3) is 1.77. The molecule has 0 saturated carbocycles. The van der Waals surface area contributed by atoms with Crippen molar-refractivity contribution in [2.75, 3.05) is 5.75 Å². The molecule has 0 aliphatic rings. The van der Waals surface area contributed by atoms with Gasteiger partial charge in [-0.05, 0) is 5.75 Å². The summed E-state index contributed by atoms with van der Waals surface area (Å²) >= 11 is 1.92. The molecule has 0 radical (unpaired) electrons. The van der Waals surface area contributed by atoms with Gasteiger partial charge in [-0.25, -0.2) is 4.98 Å². The Hall–Kier alpha value is -0.440. The molecule has 0 unspecified atom stereocenters. The van der Waals surface area contributed by atoms with Crippen molar-refractivity contribution in [1.29, 1.82) is 0 Å². The van der Waals surface area contributed by atoms with Crippen LogP contribution in [0.15, 0.2) is 12.5 Å². The highest BCUT2D eigenvalue weighted by atomic mass is 32.2. The quantitative estimate of drug-likeness (QED) is 0.662. The molecular weight excluding hydrogens is 144 g/mol. The number of hydrogen-bond acceptors (Lipinski definition) is 2. The molecule has 0 aliphatic carbocycles. The minimum atomic E-state index is 1.08. The standard InChI is InChI=1S/C7H12N2S/c1-3-10-5-7-4-8-6-9(7)2/h4,6H,3,5H2,1-2H3. The first-order valence-electron chi connectivity index (χ1n) is 3.37. The number of thioether (sulfide) groups is 1. The number of rotatable bonds is 3. The van der Waals surface area contributed by atoms with Gasteiger partial charge in [-0.15, -0.1) is 0 Å². The molecule has 2 nitrogen and oxygen atoms in total. The van der Waals surface area contributed by atoms with E-state index in [0.717, 1.165) is 5.75 Å². The summed E-state index contributed by atoms with van der Waals surface area (Å²) in [6.45, 7) is 2.17. The average molecular weight is 156 g/mol. The number of aromatic nitrogens is 2. The van der Waals surface area contributed by atoms with E-state index in [1.54, 1.807) is 0 Å². The molecular formula is C7H12N2S. The Morgan fingerprint density at radius 1 is 1.70 bits per heavy atom. The molecule has 3 heteroatoms. The van der Waals surface area contributed by atoms with E-state index >= 15 is 0 Å². The third-order valence-electron chi connectivity index (χ3n) is 1.37. The fraction of sp³-hybridized carbons (Fsp3) is 0.571. The molecule has 0 aromatic carbocycles. The van der Waals surface area contributed by atoms with Crippen molar-refractivity contribution in [2.45, 2.75) is 12.7 Å². The van der Waals surface area contributed by atoms with Crippen LogP contribution in [-0.2, 0) is 12.8 Å². The first-order chi connectivity index (χ1) is 4.84. The Morgan fingerprint density at radius 2 is 2.50 bits per heavy atom. The van der Waals surface area contributed by atoms with Crippen LogP contribution in [0, 0.1) is 0 Å². The first kappa shape index (κ1) is 7.66. The second-order valence-electron chi connectivity index (χ2n) is 2.13. The smallest absolute Gasteiger partial charge is 0.0945 e. The lowest BCUT2D eigenvalue weighted by atomic mass is 10.5. The predicted octanol–water partition coefficient (Wildman–Crippen LogP) is 1.67. The number of nitrogens with zero attached hydrogens (tertiary/aromatic N) is 2. The van der Waals surface area contributed by atoms with Gasteiger partial charge in [0.05, 0.1) is 6.33 Å². The van der Waals surface area contributed by atoms with Gasteiger partial charge in [-0.2, -0.15) is 11.8 Å². The van der Waals surface area contributed by atoms with Crippen molar-refractivity contribution in [3.05, 3.63) is 18.2 Å². The van der Waals surface area contributed by atoms with E-state index in [1.165, 1.54) is 11.4 Å². The first-order valence-corrected chi connectivity index (χ1v) is 4.53. The van der Waals surface area contributed by atoms with Crippen LogP contribution in [0.4, 0.5) is 0 Å². The van der Waals surface area contributed by atoms with Crippen LogP contribution in [0.5, 0.6) is 0 Å². The molecule has 1 aromatic rings. The SMILES string of the molecule is CCSCc1cncn1C. The van der Waals surface area contributed by atoms with Crippen molar-refractivity contribution in [1.82, 2.24) is 9.55 Å². The zero-order valence-corrected chi connectivity index (χ0v) is 7.19. The summed E-state index contributed by atoms with van der Waals surface area (Å²) in [5, 5.41) is 0. The normalized spacial score (nSPS) is 10.2. The van der Waals surface area contributed by atoms with Crippen LogP contribution in [-0.4, -0.2) is 15.3 Å². The minimum Gasteiger partial charge on any atom is -0.337 e. The lowest BCUT2D eigenvalue weighted by Gasteiger charge is -1.98. The van der Waals surface area contributed by atoms with Crippen molar-refractivity contribution in [3.63, 3.8) is 0 Å². The highest BCUT2D eigenvalue weighted by Gasteiger charge is 1.95. The van der Waals surface area contributed by atoms with Gasteiger partial charge < -0.3 is 4.57 Å². The van der Waals surface area contributed by atoms with Crippen LogP contribution < -0.4 is 0 Å². The highest BCUT2D eigenvalue weighted by molar-refractivity contribution is 7.98. The van der Waals surface area contributed by atoms with Crippen molar-refractivity contribution in [2.24, 2.45) is 7.05 Å². The van der Waals surface area contributed by atoms with Crippen LogP contribution >= 0.6 is 11.8 Å². The minimum absolute atomic E-state index is 1.08. The average Bonchev–Trinajstić information content (AvgIpc) is 2.31. The maximum absolute atomic E-state index is 4.02. The Balaban J connectivity index is 2.49. The summed E-state index contributed by atoms with van der Waals surface area (Å²) in [5.74, 6) is 2.25. The Kier molecular flexibility index (Phi) is 2.81.